The summed E-state index contributed by atoms with van der Waals surface area (Å²) in [4.78, 5) is 4.21. The van der Waals surface area contributed by atoms with Gasteiger partial charge in [-0.15, -0.1) is 0 Å². The summed E-state index contributed by atoms with van der Waals surface area (Å²) in [6.45, 7) is 7.93. The number of hydrogen-bond donors (Lipinski definition) is 1. The number of nitrogen functional groups attached to an aromatic ring is 1. The van der Waals surface area contributed by atoms with Crippen LogP contribution in [0.3, 0.4) is 0 Å². The first-order valence-electron chi connectivity index (χ1n) is 5.66. The molecule has 0 atom stereocenters. The van der Waals surface area contributed by atoms with Gasteiger partial charge in [0.25, 0.3) is 0 Å². The molecule has 0 saturated heterocycles. The molecule has 0 spiro atoms. The van der Waals surface area contributed by atoms with Crippen molar-refractivity contribution in [2.45, 2.75) is 33.1 Å². The third kappa shape index (κ3) is 1.97. The van der Waals surface area contributed by atoms with Crippen molar-refractivity contribution in [1.82, 2.24) is 4.98 Å². The van der Waals surface area contributed by atoms with Gasteiger partial charge in [0.2, 0.25) is 0 Å². The number of benzene rings is 1. The van der Waals surface area contributed by atoms with E-state index in [0.717, 1.165) is 10.9 Å². The fraction of sp³-hybridized carbons (Fsp3) is 0.357. The van der Waals surface area contributed by atoms with Gasteiger partial charge in [0.15, 0.2) is 5.82 Å². The van der Waals surface area contributed by atoms with E-state index in [1.807, 2.05) is 12.1 Å². The minimum Gasteiger partial charge on any atom is -0.383 e. The molecule has 0 saturated carbocycles. The lowest BCUT2D eigenvalue weighted by molar-refractivity contribution is 0.590. The highest BCUT2D eigenvalue weighted by atomic mass is 19.1. The van der Waals surface area contributed by atoms with Crippen LogP contribution in [0.1, 0.15) is 31.9 Å². The highest BCUT2D eigenvalue weighted by Gasteiger charge is 2.19. The van der Waals surface area contributed by atoms with Gasteiger partial charge in [0.05, 0.1) is 0 Å². The number of aryl methyl sites for hydroxylation is 1. The zero-order valence-corrected chi connectivity index (χ0v) is 10.6. The molecule has 0 amide bonds. The molecule has 1 heterocycles. The molecule has 2 N–H and O–H groups in total. The van der Waals surface area contributed by atoms with E-state index in [-0.39, 0.29) is 11.2 Å². The summed E-state index contributed by atoms with van der Waals surface area (Å²) in [6, 6.07) is 5.58. The van der Waals surface area contributed by atoms with Crippen molar-refractivity contribution in [3.05, 3.63) is 35.1 Å². The SMILES string of the molecule is Cc1ccc2cc(C(C)(C)C)c(N)nc2c1F. The van der Waals surface area contributed by atoms with Crippen LogP contribution in [0.4, 0.5) is 10.2 Å². The summed E-state index contributed by atoms with van der Waals surface area (Å²) in [5.41, 5.74) is 7.72. The Balaban J connectivity index is 2.80. The minimum absolute atomic E-state index is 0.0906. The first kappa shape index (κ1) is 11.8. The Kier molecular flexibility index (Phi) is 2.57. The molecule has 17 heavy (non-hydrogen) atoms. The van der Waals surface area contributed by atoms with Crippen molar-refractivity contribution in [3.63, 3.8) is 0 Å². The molecular weight excluding hydrogens is 215 g/mol. The lowest BCUT2D eigenvalue weighted by Gasteiger charge is -2.21. The highest BCUT2D eigenvalue weighted by Crippen LogP contribution is 2.30. The highest BCUT2D eigenvalue weighted by molar-refractivity contribution is 5.83. The van der Waals surface area contributed by atoms with Gasteiger partial charge in [-0.1, -0.05) is 32.9 Å². The molecule has 0 bridgehead atoms. The Bertz CT molecular complexity index is 583. The predicted molar refractivity (Wildman–Crippen MR) is 69.6 cm³/mol. The van der Waals surface area contributed by atoms with E-state index in [2.05, 4.69) is 25.8 Å². The zero-order valence-electron chi connectivity index (χ0n) is 10.6. The van der Waals surface area contributed by atoms with Gasteiger partial charge in [-0.3, -0.25) is 0 Å². The first-order chi connectivity index (χ1) is 7.80. The van der Waals surface area contributed by atoms with Gasteiger partial charge in [-0.05, 0) is 24.0 Å². The maximum atomic E-state index is 13.9. The molecule has 2 aromatic rings. The van der Waals surface area contributed by atoms with Crippen LogP contribution >= 0.6 is 0 Å². The van der Waals surface area contributed by atoms with Crippen LogP contribution in [0, 0.1) is 12.7 Å². The summed E-state index contributed by atoms with van der Waals surface area (Å²) in [7, 11) is 0. The minimum atomic E-state index is -0.283. The molecule has 0 unspecified atom stereocenters. The van der Waals surface area contributed by atoms with Crippen LogP contribution in [-0.4, -0.2) is 4.98 Å². The molecule has 0 radical (unpaired) electrons. The average molecular weight is 232 g/mol. The van der Waals surface area contributed by atoms with Gasteiger partial charge >= 0.3 is 0 Å². The number of hydrogen-bond acceptors (Lipinski definition) is 2. The summed E-state index contributed by atoms with van der Waals surface area (Å²) in [6.07, 6.45) is 0. The van der Waals surface area contributed by atoms with Crippen LogP contribution in [0.15, 0.2) is 18.2 Å². The van der Waals surface area contributed by atoms with Crippen LogP contribution < -0.4 is 5.73 Å². The van der Waals surface area contributed by atoms with Crippen molar-refractivity contribution in [1.29, 1.82) is 0 Å². The molecule has 0 aliphatic carbocycles. The lowest BCUT2D eigenvalue weighted by Crippen LogP contribution is -2.15. The number of anilines is 1. The average Bonchev–Trinajstić information content (AvgIpc) is 2.22. The fourth-order valence-corrected chi connectivity index (χ4v) is 1.92. The number of aromatic nitrogens is 1. The third-order valence-electron chi connectivity index (χ3n) is 2.96. The number of rotatable bonds is 0. The Morgan fingerprint density at radius 3 is 2.47 bits per heavy atom. The van der Waals surface area contributed by atoms with E-state index in [0.29, 0.717) is 16.9 Å². The summed E-state index contributed by atoms with van der Waals surface area (Å²) >= 11 is 0. The van der Waals surface area contributed by atoms with Crippen molar-refractivity contribution < 1.29 is 4.39 Å². The van der Waals surface area contributed by atoms with Crippen molar-refractivity contribution >= 4 is 16.7 Å². The second kappa shape index (κ2) is 3.69. The Morgan fingerprint density at radius 1 is 1.24 bits per heavy atom. The Hall–Kier alpha value is -1.64. The predicted octanol–water partition coefficient (Wildman–Crippen LogP) is 3.56. The topological polar surface area (TPSA) is 38.9 Å². The van der Waals surface area contributed by atoms with Crippen LogP contribution in [-0.2, 0) is 5.41 Å². The van der Waals surface area contributed by atoms with Gasteiger partial charge in [-0.25, -0.2) is 9.37 Å². The third-order valence-corrected chi connectivity index (χ3v) is 2.96. The van der Waals surface area contributed by atoms with E-state index >= 15 is 0 Å². The molecule has 0 aliphatic rings. The fourth-order valence-electron chi connectivity index (χ4n) is 1.92. The second-order valence-electron chi connectivity index (χ2n) is 5.44. The maximum Gasteiger partial charge on any atom is 0.152 e. The van der Waals surface area contributed by atoms with E-state index in [1.54, 1.807) is 13.0 Å². The largest absolute Gasteiger partial charge is 0.383 e. The van der Waals surface area contributed by atoms with Gasteiger partial charge in [0, 0.05) is 10.9 Å². The van der Waals surface area contributed by atoms with Gasteiger partial charge in [-0.2, -0.15) is 0 Å². The van der Waals surface area contributed by atoms with Crippen LogP contribution in [0.25, 0.3) is 10.9 Å². The summed E-state index contributed by atoms with van der Waals surface area (Å²) < 4.78 is 13.9. The van der Waals surface area contributed by atoms with Crippen LogP contribution in [0.2, 0.25) is 0 Å². The van der Waals surface area contributed by atoms with E-state index in [4.69, 9.17) is 5.73 Å². The smallest absolute Gasteiger partial charge is 0.152 e. The molecule has 0 fully saturated rings. The standard InChI is InChI=1S/C14H17FN2/c1-8-5-6-9-7-10(14(2,3)4)13(16)17-12(9)11(8)15/h5-7H,1-4H3,(H2,16,17). The van der Waals surface area contributed by atoms with E-state index in [9.17, 15) is 4.39 Å². The number of nitrogens with two attached hydrogens (primary N) is 1. The normalized spacial score (nSPS) is 12.1. The van der Waals surface area contributed by atoms with E-state index in [1.165, 1.54) is 0 Å². The summed E-state index contributed by atoms with van der Waals surface area (Å²) in [5.74, 6) is 0.129. The van der Waals surface area contributed by atoms with Crippen molar-refractivity contribution in [2.24, 2.45) is 0 Å². The number of halogens is 1. The van der Waals surface area contributed by atoms with Crippen LogP contribution in [0.5, 0.6) is 0 Å². The number of nitrogens with zero attached hydrogens (tertiary/aromatic N) is 1. The molecule has 1 aromatic carbocycles. The molecule has 2 rings (SSSR count). The van der Waals surface area contributed by atoms with E-state index < -0.39 is 0 Å². The maximum absolute atomic E-state index is 13.9. The molecular formula is C14H17FN2. The molecule has 3 heteroatoms. The molecule has 0 aliphatic heterocycles. The number of pyridine rings is 1. The zero-order chi connectivity index (χ0) is 12.8. The second-order valence-corrected chi connectivity index (χ2v) is 5.44. The number of fused-ring (bicyclic) bond motifs is 1. The van der Waals surface area contributed by atoms with Gasteiger partial charge in [0.1, 0.15) is 11.3 Å². The molecule has 1 aromatic heterocycles. The summed E-state index contributed by atoms with van der Waals surface area (Å²) in [5, 5.41) is 0.798. The molecule has 2 nitrogen and oxygen atoms in total. The first-order valence-corrected chi connectivity index (χ1v) is 5.66. The molecule has 90 valence electrons. The lowest BCUT2D eigenvalue weighted by atomic mass is 9.86. The van der Waals surface area contributed by atoms with Gasteiger partial charge < -0.3 is 5.73 Å². The quantitative estimate of drug-likeness (QED) is 0.754. The monoisotopic (exact) mass is 232 g/mol. The Labute approximate surface area is 101 Å². The Morgan fingerprint density at radius 2 is 1.88 bits per heavy atom. The van der Waals surface area contributed by atoms with Crippen molar-refractivity contribution in [3.8, 4) is 0 Å². The van der Waals surface area contributed by atoms with Crippen molar-refractivity contribution in [2.75, 3.05) is 5.73 Å².